The third-order valence-corrected chi connectivity index (χ3v) is 6.56. The van der Waals surface area contributed by atoms with Gasteiger partial charge in [-0.3, -0.25) is 0 Å². The Bertz CT molecular complexity index is 892. The van der Waals surface area contributed by atoms with Crippen LogP contribution in [0.3, 0.4) is 0 Å². The molecule has 0 aliphatic carbocycles. The number of hydrogen-bond donors (Lipinski definition) is 1. The van der Waals surface area contributed by atoms with Gasteiger partial charge in [0.2, 0.25) is 10.0 Å². The molecule has 0 amide bonds. The summed E-state index contributed by atoms with van der Waals surface area (Å²) in [5.74, 6) is 0.682. The normalized spacial score (nSPS) is 18.0. The topological polar surface area (TPSA) is 66.8 Å². The van der Waals surface area contributed by atoms with E-state index in [9.17, 15) is 13.5 Å². The summed E-state index contributed by atoms with van der Waals surface area (Å²) >= 11 is 0. The van der Waals surface area contributed by atoms with Crippen molar-refractivity contribution in [2.45, 2.75) is 44.2 Å². The summed E-state index contributed by atoms with van der Waals surface area (Å²) in [6.07, 6.45) is 0.660. The minimum Gasteiger partial charge on any atom is -0.491 e. The predicted molar refractivity (Wildman–Crippen MR) is 101 cm³/mol. The molecule has 0 aromatic heterocycles. The van der Waals surface area contributed by atoms with E-state index in [1.54, 1.807) is 18.2 Å². The van der Waals surface area contributed by atoms with Crippen molar-refractivity contribution < 1.29 is 18.3 Å². The summed E-state index contributed by atoms with van der Waals surface area (Å²) in [6, 6.07) is 12.1. The number of hydrogen-bond acceptors (Lipinski definition) is 4. The lowest BCUT2D eigenvalue weighted by Crippen LogP contribution is -2.41. The van der Waals surface area contributed by atoms with Crippen molar-refractivity contribution in [3.05, 3.63) is 59.2 Å². The molecular formula is C20H25NO4S. The standard InChI is InChI=1S/C20H25NO4S/c1-14(2)25-20-9-8-17(12-15(20)3)26(23,24)21-11-10-16-6-4-5-7-18(16)19(21)13-22/h4-9,12,14,19,22H,10-11,13H2,1-3H3/t19-/m1/s1. The van der Waals surface area contributed by atoms with E-state index in [0.717, 1.165) is 16.7 Å². The average molecular weight is 375 g/mol. The number of benzene rings is 2. The monoisotopic (exact) mass is 375 g/mol. The summed E-state index contributed by atoms with van der Waals surface area (Å²) in [5, 5.41) is 9.89. The van der Waals surface area contributed by atoms with Crippen LogP contribution in [-0.4, -0.2) is 37.1 Å². The predicted octanol–water partition coefficient (Wildman–Crippen LogP) is 3.06. The fraction of sp³-hybridized carbons (Fsp3) is 0.400. The number of rotatable bonds is 5. The van der Waals surface area contributed by atoms with Gasteiger partial charge in [0.05, 0.1) is 23.6 Å². The van der Waals surface area contributed by atoms with Crippen LogP contribution in [0.25, 0.3) is 0 Å². The molecule has 2 aromatic rings. The molecule has 2 aromatic carbocycles. The third-order valence-electron chi connectivity index (χ3n) is 4.65. The van der Waals surface area contributed by atoms with Gasteiger partial charge in [-0.2, -0.15) is 4.31 Å². The zero-order chi connectivity index (χ0) is 18.9. The van der Waals surface area contributed by atoms with Gasteiger partial charge in [-0.05, 0) is 62.1 Å². The number of aliphatic hydroxyl groups is 1. The molecule has 0 radical (unpaired) electrons. The van der Waals surface area contributed by atoms with Gasteiger partial charge >= 0.3 is 0 Å². The van der Waals surface area contributed by atoms with E-state index in [1.165, 1.54) is 4.31 Å². The summed E-state index contributed by atoms with van der Waals surface area (Å²) in [5.41, 5.74) is 2.74. The fourth-order valence-electron chi connectivity index (χ4n) is 3.41. The van der Waals surface area contributed by atoms with E-state index in [-0.39, 0.29) is 17.6 Å². The van der Waals surface area contributed by atoms with Crippen LogP contribution in [0.5, 0.6) is 5.75 Å². The van der Waals surface area contributed by atoms with Crippen LogP contribution in [0.4, 0.5) is 0 Å². The van der Waals surface area contributed by atoms with Crippen molar-refractivity contribution in [1.29, 1.82) is 0 Å². The molecule has 0 bridgehead atoms. The minimum absolute atomic E-state index is 0.0218. The van der Waals surface area contributed by atoms with Gasteiger partial charge < -0.3 is 9.84 Å². The second-order valence-corrected chi connectivity index (χ2v) is 8.75. The van der Waals surface area contributed by atoms with Crippen molar-refractivity contribution in [3.63, 3.8) is 0 Å². The highest BCUT2D eigenvalue weighted by atomic mass is 32.2. The molecule has 5 nitrogen and oxygen atoms in total. The van der Waals surface area contributed by atoms with Gasteiger partial charge in [-0.1, -0.05) is 24.3 Å². The molecule has 0 saturated carbocycles. The van der Waals surface area contributed by atoms with E-state index < -0.39 is 16.1 Å². The first kappa shape index (κ1) is 18.9. The van der Waals surface area contributed by atoms with Crippen LogP contribution in [0.1, 0.15) is 36.6 Å². The van der Waals surface area contributed by atoms with Crippen molar-refractivity contribution >= 4 is 10.0 Å². The maximum atomic E-state index is 13.2. The highest BCUT2D eigenvalue weighted by Gasteiger charge is 2.36. The molecule has 1 N–H and O–H groups in total. The van der Waals surface area contributed by atoms with Crippen molar-refractivity contribution in [1.82, 2.24) is 4.31 Å². The van der Waals surface area contributed by atoms with Gasteiger partial charge in [0.25, 0.3) is 0 Å². The largest absolute Gasteiger partial charge is 0.491 e. The SMILES string of the molecule is Cc1cc(S(=O)(=O)N2CCc3ccccc3[C@H]2CO)ccc1OC(C)C. The Morgan fingerprint density at radius 2 is 1.96 bits per heavy atom. The minimum atomic E-state index is -3.72. The Balaban J connectivity index is 1.97. The lowest BCUT2D eigenvalue weighted by atomic mass is 9.95. The summed E-state index contributed by atoms with van der Waals surface area (Å²) in [4.78, 5) is 0.226. The molecule has 140 valence electrons. The van der Waals surface area contributed by atoms with E-state index in [2.05, 4.69) is 0 Å². The Kier molecular flexibility index (Phi) is 5.37. The Morgan fingerprint density at radius 3 is 2.62 bits per heavy atom. The van der Waals surface area contributed by atoms with Crippen molar-refractivity contribution in [2.24, 2.45) is 0 Å². The van der Waals surface area contributed by atoms with Crippen molar-refractivity contribution in [3.8, 4) is 5.75 Å². The molecule has 0 saturated heterocycles. The lowest BCUT2D eigenvalue weighted by Gasteiger charge is -2.35. The molecule has 1 atom stereocenters. The first-order valence-electron chi connectivity index (χ1n) is 8.82. The number of aryl methyl sites for hydroxylation is 1. The highest BCUT2D eigenvalue weighted by Crippen LogP contribution is 2.34. The molecule has 0 unspecified atom stereocenters. The highest BCUT2D eigenvalue weighted by molar-refractivity contribution is 7.89. The van der Waals surface area contributed by atoms with E-state index in [4.69, 9.17) is 4.74 Å². The molecule has 26 heavy (non-hydrogen) atoms. The molecule has 0 fully saturated rings. The molecule has 1 aliphatic heterocycles. The van der Waals surface area contributed by atoms with Gasteiger partial charge in [0.15, 0.2) is 0 Å². The number of aliphatic hydroxyl groups excluding tert-OH is 1. The number of sulfonamides is 1. The first-order chi connectivity index (χ1) is 12.3. The molecule has 1 aliphatic rings. The van der Waals surface area contributed by atoms with E-state index in [0.29, 0.717) is 18.7 Å². The van der Waals surface area contributed by atoms with E-state index in [1.807, 2.05) is 45.0 Å². The molecule has 0 spiro atoms. The van der Waals surface area contributed by atoms with E-state index >= 15 is 0 Å². The zero-order valence-corrected chi connectivity index (χ0v) is 16.2. The van der Waals surface area contributed by atoms with Gasteiger partial charge in [0.1, 0.15) is 5.75 Å². The van der Waals surface area contributed by atoms with Crippen LogP contribution in [-0.2, 0) is 16.4 Å². The van der Waals surface area contributed by atoms with Crippen LogP contribution in [0, 0.1) is 6.92 Å². The second-order valence-electron chi connectivity index (χ2n) is 6.86. The fourth-order valence-corrected chi connectivity index (χ4v) is 5.09. The van der Waals surface area contributed by atoms with Gasteiger partial charge in [-0.15, -0.1) is 0 Å². The summed E-state index contributed by atoms with van der Waals surface area (Å²) < 4.78 is 33.6. The lowest BCUT2D eigenvalue weighted by molar-refractivity contribution is 0.180. The summed E-state index contributed by atoms with van der Waals surface area (Å²) in [6.45, 7) is 5.81. The van der Waals surface area contributed by atoms with Crippen molar-refractivity contribution in [2.75, 3.05) is 13.2 Å². The number of fused-ring (bicyclic) bond motifs is 1. The van der Waals surface area contributed by atoms with Crippen LogP contribution in [0.2, 0.25) is 0 Å². The maximum absolute atomic E-state index is 13.2. The van der Waals surface area contributed by atoms with Crippen LogP contribution >= 0.6 is 0 Å². The Hall–Kier alpha value is -1.89. The first-order valence-corrected chi connectivity index (χ1v) is 10.3. The summed E-state index contributed by atoms with van der Waals surface area (Å²) in [7, 11) is -3.72. The smallest absolute Gasteiger partial charge is 0.243 e. The molecular weight excluding hydrogens is 350 g/mol. The van der Waals surface area contributed by atoms with Crippen LogP contribution < -0.4 is 4.74 Å². The number of ether oxygens (including phenoxy) is 1. The van der Waals surface area contributed by atoms with Crippen LogP contribution in [0.15, 0.2) is 47.4 Å². The number of nitrogens with zero attached hydrogens (tertiary/aromatic N) is 1. The maximum Gasteiger partial charge on any atom is 0.243 e. The molecule has 6 heteroatoms. The van der Waals surface area contributed by atoms with Gasteiger partial charge in [0, 0.05) is 6.54 Å². The third kappa shape index (κ3) is 3.49. The second kappa shape index (κ2) is 7.39. The molecule has 3 rings (SSSR count). The Labute approximate surface area is 155 Å². The quantitative estimate of drug-likeness (QED) is 0.872. The average Bonchev–Trinajstić information content (AvgIpc) is 2.61. The Morgan fingerprint density at radius 1 is 1.23 bits per heavy atom. The van der Waals surface area contributed by atoms with Gasteiger partial charge in [-0.25, -0.2) is 8.42 Å². The zero-order valence-electron chi connectivity index (χ0n) is 15.3. The molecule has 1 heterocycles.